The predicted octanol–water partition coefficient (Wildman–Crippen LogP) is 18.0. The van der Waals surface area contributed by atoms with E-state index in [1.165, 1.54) is 199 Å². The van der Waals surface area contributed by atoms with Gasteiger partial charge in [-0.1, -0.05) is 231 Å². The Kier molecular flexibility index (Phi) is 41.3. The number of carbonyl (C=O) groups is 2. The molecule has 0 aliphatic rings. The molecule has 0 aliphatic carbocycles. The van der Waals surface area contributed by atoms with E-state index in [4.69, 9.17) is 9.47 Å². The molecule has 0 unspecified atom stereocenters. The van der Waals surface area contributed by atoms with Crippen molar-refractivity contribution >= 4 is 22.1 Å². The maximum absolute atomic E-state index is 13.0. The highest BCUT2D eigenvalue weighted by atomic mass is 32.2. The zero-order valence-corrected chi connectivity index (χ0v) is 42.4. The summed E-state index contributed by atoms with van der Waals surface area (Å²) in [6, 6.07) is 3.31. The van der Waals surface area contributed by atoms with Gasteiger partial charge in [-0.15, -0.1) is 0 Å². The summed E-state index contributed by atoms with van der Waals surface area (Å²) in [5.41, 5.74) is -0.275. The summed E-state index contributed by atoms with van der Waals surface area (Å²) in [5.74, 6) is -1.50. The molecule has 370 valence electrons. The van der Waals surface area contributed by atoms with Gasteiger partial charge in [0, 0.05) is 0 Å². The van der Waals surface area contributed by atoms with Gasteiger partial charge in [-0.05, 0) is 82.4 Å². The highest BCUT2D eigenvalue weighted by Gasteiger charge is 2.23. The molecule has 0 aliphatic heterocycles. The molecule has 7 nitrogen and oxygen atoms in total. The number of rotatable bonds is 47. The Hall–Kier alpha value is -2.45. The second-order valence-corrected chi connectivity index (χ2v) is 20.0. The molecule has 64 heavy (non-hydrogen) atoms. The van der Waals surface area contributed by atoms with Gasteiger partial charge in [0.05, 0.1) is 29.2 Å². The Balaban J connectivity index is 2.12. The van der Waals surface area contributed by atoms with Crippen LogP contribution in [-0.2, 0) is 19.6 Å². The predicted molar refractivity (Wildman–Crippen MR) is 271 cm³/mol. The molecule has 0 aromatic heterocycles. The lowest BCUT2D eigenvalue weighted by Gasteiger charge is -2.11. The van der Waals surface area contributed by atoms with Gasteiger partial charge >= 0.3 is 11.9 Å². The minimum atomic E-state index is -4.58. The van der Waals surface area contributed by atoms with E-state index in [0.717, 1.165) is 63.5 Å². The summed E-state index contributed by atoms with van der Waals surface area (Å²) >= 11 is 0. The second kappa shape index (κ2) is 44.4. The highest BCUT2D eigenvalue weighted by Crippen LogP contribution is 2.20. The third kappa shape index (κ3) is 36.7. The maximum atomic E-state index is 13.0. The van der Waals surface area contributed by atoms with Crippen LogP contribution in [-0.4, -0.2) is 38.1 Å². The van der Waals surface area contributed by atoms with Crippen molar-refractivity contribution in [1.29, 1.82) is 0 Å². The molecule has 0 bridgehead atoms. The van der Waals surface area contributed by atoms with Crippen molar-refractivity contribution in [2.24, 2.45) is 0 Å². The van der Waals surface area contributed by atoms with Crippen molar-refractivity contribution in [2.75, 3.05) is 13.2 Å². The fourth-order valence-corrected chi connectivity index (χ4v) is 8.84. The van der Waals surface area contributed by atoms with Crippen LogP contribution in [0, 0.1) is 0 Å². The number of hydrogen-bond donors (Lipinski definition) is 1. The molecule has 0 amide bonds. The van der Waals surface area contributed by atoms with E-state index >= 15 is 0 Å². The lowest BCUT2D eigenvalue weighted by molar-refractivity contribution is 0.0450. The first-order valence-electron chi connectivity index (χ1n) is 27.1. The molecule has 0 saturated heterocycles. The van der Waals surface area contributed by atoms with Crippen LogP contribution >= 0.6 is 0 Å². The van der Waals surface area contributed by atoms with Gasteiger partial charge in [-0.25, -0.2) is 9.59 Å². The summed E-state index contributed by atoms with van der Waals surface area (Å²) in [4.78, 5) is 25.5. The van der Waals surface area contributed by atoms with Gasteiger partial charge in [0.2, 0.25) is 0 Å². The number of carbonyl (C=O) groups excluding carboxylic acids is 2. The summed E-state index contributed by atoms with van der Waals surface area (Å²) in [5, 5.41) is 0. The zero-order valence-electron chi connectivity index (χ0n) is 41.5. The van der Waals surface area contributed by atoms with Crippen LogP contribution in [0.15, 0.2) is 47.4 Å². The first-order valence-corrected chi connectivity index (χ1v) is 28.5. The van der Waals surface area contributed by atoms with Crippen molar-refractivity contribution in [1.82, 2.24) is 0 Å². The van der Waals surface area contributed by atoms with E-state index in [1.807, 2.05) is 0 Å². The first-order chi connectivity index (χ1) is 31.3. The van der Waals surface area contributed by atoms with E-state index in [1.54, 1.807) is 0 Å². The van der Waals surface area contributed by atoms with E-state index in [2.05, 4.69) is 38.2 Å². The van der Waals surface area contributed by atoms with Gasteiger partial charge in [0.1, 0.15) is 0 Å². The van der Waals surface area contributed by atoms with Crippen LogP contribution in [0.25, 0.3) is 0 Å². The van der Waals surface area contributed by atoms with Gasteiger partial charge < -0.3 is 9.47 Å². The molecule has 1 aromatic rings. The molecule has 0 heterocycles. The summed E-state index contributed by atoms with van der Waals surface area (Å²) < 4.78 is 44.1. The molecule has 0 saturated carbocycles. The van der Waals surface area contributed by atoms with E-state index < -0.39 is 27.0 Å². The van der Waals surface area contributed by atoms with E-state index in [-0.39, 0.29) is 24.3 Å². The Morgan fingerprint density at radius 3 is 0.969 bits per heavy atom. The van der Waals surface area contributed by atoms with Crippen molar-refractivity contribution in [2.45, 2.75) is 276 Å². The molecular formula is C56H98O7S. The minimum Gasteiger partial charge on any atom is -0.462 e. The van der Waals surface area contributed by atoms with Crippen LogP contribution < -0.4 is 0 Å². The monoisotopic (exact) mass is 915 g/mol. The number of allylic oxidation sites excluding steroid dienone is 4. The SMILES string of the molecule is CCCCCCCCCCCCCC/C=C/CCCCCCCCOC(=O)c1ccc(S(=O)(=O)O)cc1C(=O)OCCCCCCCC/C=C/CCCCCCCCCCCCCC. The Morgan fingerprint density at radius 2 is 0.672 bits per heavy atom. The quantitative estimate of drug-likeness (QED) is 0.0300. The molecule has 0 radical (unpaired) electrons. The summed E-state index contributed by atoms with van der Waals surface area (Å²) in [7, 11) is -4.58. The fourth-order valence-electron chi connectivity index (χ4n) is 8.34. The van der Waals surface area contributed by atoms with E-state index in [0.29, 0.717) is 12.8 Å². The van der Waals surface area contributed by atoms with Crippen LogP contribution in [0.2, 0.25) is 0 Å². The van der Waals surface area contributed by atoms with Gasteiger partial charge in [0.15, 0.2) is 0 Å². The average molecular weight is 915 g/mol. The molecule has 0 spiro atoms. The van der Waals surface area contributed by atoms with Crippen LogP contribution in [0.4, 0.5) is 0 Å². The van der Waals surface area contributed by atoms with Crippen LogP contribution in [0.5, 0.6) is 0 Å². The molecule has 1 aromatic carbocycles. The molecule has 8 heteroatoms. The van der Waals surface area contributed by atoms with Gasteiger partial charge in [-0.2, -0.15) is 8.42 Å². The van der Waals surface area contributed by atoms with Crippen molar-refractivity contribution in [3.8, 4) is 0 Å². The van der Waals surface area contributed by atoms with Gasteiger partial charge in [0.25, 0.3) is 10.1 Å². The number of esters is 2. The second-order valence-electron chi connectivity index (χ2n) is 18.6. The molecule has 0 atom stereocenters. The fraction of sp³-hybridized carbons (Fsp3) is 0.786. The van der Waals surface area contributed by atoms with Crippen molar-refractivity contribution < 1.29 is 32.0 Å². The van der Waals surface area contributed by atoms with Crippen LogP contribution in [0.3, 0.4) is 0 Å². The lowest BCUT2D eigenvalue weighted by atomic mass is 10.0. The number of benzene rings is 1. The largest absolute Gasteiger partial charge is 0.462 e. The average Bonchev–Trinajstić information content (AvgIpc) is 3.28. The topological polar surface area (TPSA) is 107 Å². The standard InChI is InChI=1S/C56H98O7S/c1-3-5-7-9-11-13-15-17-19-21-23-25-27-29-31-33-35-37-39-41-43-45-49-62-55(57)53-48-47-52(64(59,60)61)51-54(53)56(58)63-50-46-44-42-40-38-36-34-32-30-28-26-24-22-20-18-16-14-12-10-8-6-4-2/h29-32,47-48,51H,3-28,33-46,49-50H2,1-2H3,(H,59,60,61)/b31-29+,32-30+. The normalized spacial score (nSPS) is 11.9. The lowest BCUT2D eigenvalue weighted by Crippen LogP contribution is -2.16. The van der Waals surface area contributed by atoms with Crippen molar-refractivity contribution in [3.05, 3.63) is 53.6 Å². The zero-order chi connectivity index (χ0) is 46.4. The Bertz CT molecular complexity index is 1400. The molecular weight excluding hydrogens is 817 g/mol. The Labute approximate surface area is 394 Å². The van der Waals surface area contributed by atoms with Crippen LogP contribution in [0.1, 0.15) is 291 Å². The smallest absolute Gasteiger partial charge is 0.339 e. The molecule has 0 fully saturated rings. The number of unbranched alkanes of at least 4 members (excludes halogenated alkanes) is 36. The molecule has 1 rings (SSSR count). The third-order valence-electron chi connectivity index (χ3n) is 12.5. The number of ether oxygens (including phenoxy) is 2. The van der Waals surface area contributed by atoms with Gasteiger partial charge in [-0.3, -0.25) is 4.55 Å². The first kappa shape index (κ1) is 59.6. The Morgan fingerprint density at radius 1 is 0.406 bits per heavy atom. The maximum Gasteiger partial charge on any atom is 0.339 e. The molecule has 1 N–H and O–H groups in total. The van der Waals surface area contributed by atoms with E-state index in [9.17, 15) is 22.6 Å². The third-order valence-corrected chi connectivity index (χ3v) is 13.4. The highest BCUT2D eigenvalue weighted by molar-refractivity contribution is 7.85. The minimum absolute atomic E-state index is 0.0626. The summed E-state index contributed by atoms with van der Waals surface area (Å²) in [6.07, 6.45) is 59.7. The summed E-state index contributed by atoms with van der Waals surface area (Å²) in [6.45, 7) is 4.94. The van der Waals surface area contributed by atoms with Crippen molar-refractivity contribution in [3.63, 3.8) is 0 Å². The number of hydrogen-bond acceptors (Lipinski definition) is 6.